The van der Waals surface area contributed by atoms with Crippen LogP contribution >= 0.6 is 0 Å². The van der Waals surface area contributed by atoms with Gasteiger partial charge in [0.2, 0.25) is 5.91 Å². The summed E-state index contributed by atoms with van der Waals surface area (Å²) in [4.78, 5) is 25.7. The van der Waals surface area contributed by atoms with Crippen LogP contribution in [0.1, 0.15) is 19.8 Å². The Morgan fingerprint density at radius 3 is 2.75 bits per heavy atom. The van der Waals surface area contributed by atoms with E-state index in [2.05, 4.69) is 10.6 Å². The normalized spacial score (nSPS) is 17.0. The molecule has 2 rings (SSSR count). The Morgan fingerprint density at radius 2 is 2.08 bits per heavy atom. The first-order valence-electron chi connectivity index (χ1n) is 8.20. The van der Waals surface area contributed by atoms with E-state index in [1.807, 2.05) is 31.2 Å². The quantitative estimate of drug-likeness (QED) is 0.706. The fourth-order valence-electron chi connectivity index (χ4n) is 2.57. The van der Waals surface area contributed by atoms with Gasteiger partial charge in [0.15, 0.2) is 0 Å². The summed E-state index contributed by atoms with van der Waals surface area (Å²) in [5.74, 6) is 0.744. The molecule has 1 aromatic carbocycles. The summed E-state index contributed by atoms with van der Waals surface area (Å²) in [5, 5.41) is 5.62. The number of hydrogen-bond donors (Lipinski definition) is 2. The second kappa shape index (κ2) is 9.12. The highest BCUT2D eigenvalue weighted by atomic mass is 16.5. The standard InChI is InChI=1S/C17H25N3O4/c1-3-24-10-4-9-18-17(22)19-13-11-16(21)20(12-13)14-5-7-15(23-2)8-6-14/h5-8,13H,3-4,9-12H2,1-2H3,(H2,18,19,22)/t13-/m1/s1. The predicted molar refractivity (Wildman–Crippen MR) is 91.4 cm³/mol. The molecule has 0 radical (unpaired) electrons. The van der Waals surface area contributed by atoms with Gasteiger partial charge in [0.05, 0.1) is 13.2 Å². The molecule has 3 amide bonds. The Morgan fingerprint density at radius 1 is 1.33 bits per heavy atom. The van der Waals surface area contributed by atoms with Crippen molar-refractivity contribution in [1.82, 2.24) is 10.6 Å². The fourth-order valence-corrected chi connectivity index (χ4v) is 2.57. The molecule has 7 nitrogen and oxygen atoms in total. The van der Waals surface area contributed by atoms with Gasteiger partial charge >= 0.3 is 6.03 Å². The van der Waals surface area contributed by atoms with Gasteiger partial charge in [0, 0.05) is 38.4 Å². The first-order valence-corrected chi connectivity index (χ1v) is 8.20. The minimum absolute atomic E-state index is 0.00168. The number of benzene rings is 1. The summed E-state index contributed by atoms with van der Waals surface area (Å²) >= 11 is 0. The number of nitrogens with zero attached hydrogens (tertiary/aromatic N) is 1. The fraction of sp³-hybridized carbons (Fsp3) is 0.529. The topological polar surface area (TPSA) is 79.9 Å². The van der Waals surface area contributed by atoms with Gasteiger partial charge in [-0.2, -0.15) is 0 Å². The van der Waals surface area contributed by atoms with Crippen LogP contribution in [0.25, 0.3) is 0 Å². The Balaban J connectivity index is 1.78. The number of methoxy groups -OCH3 is 1. The van der Waals surface area contributed by atoms with E-state index in [1.165, 1.54) is 0 Å². The van der Waals surface area contributed by atoms with Crippen LogP contribution in [-0.2, 0) is 9.53 Å². The molecular formula is C17H25N3O4. The van der Waals surface area contributed by atoms with Crippen molar-refractivity contribution in [2.24, 2.45) is 0 Å². The predicted octanol–water partition coefficient (Wildman–Crippen LogP) is 1.53. The van der Waals surface area contributed by atoms with Crippen molar-refractivity contribution in [3.63, 3.8) is 0 Å². The molecule has 0 aliphatic carbocycles. The summed E-state index contributed by atoms with van der Waals surface area (Å²) in [6, 6.07) is 6.87. The lowest BCUT2D eigenvalue weighted by Gasteiger charge is -2.17. The average Bonchev–Trinajstić information content (AvgIpc) is 2.95. The summed E-state index contributed by atoms with van der Waals surface area (Å²) in [6.07, 6.45) is 1.07. The summed E-state index contributed by atoms with van der Waals surface area (Å²) in [6.45, 7) is 4.26. The van der Waals surface area contributed by atoms with E-state index in [1.54, 1.807) is 12.0 Å². The van der Waals surface area contributed by atoms with Crippen LogP contribution in [0.3, 0.4) is 0 Å². The molecule has 0 bridgehead atoms. The lowest BCUT2D eigenvalue weighted by molar-refractivity contribution is -0.117. The minimum Gasteiger partial charge on any atom is -0.497 e. The molecule has 0 aromatic heterocycles. The summed E-state index contributed by atoms with van der Waals surface area (Å²) in [5.41, 5.74) is 0.808. The van der Waals surface area contributed by atoms with Gasteiger partial charge in [-0.3, -0.25) is 4.79 Å². The van der Waals surface area contributed by atoms with Crippen molar-refractivity contribution in [2.75, 3.05) is 38.3 Å². The van der Waals surface area contributed by atoms with Crippen LogP contribution < -0.4 is 20.3 Å². The van der Waals surface area contributed by atoms with Crippen LogP contribution in [0.4, 0.5) is 10.5 Å². The average molecular weight is 335 g/mol. The molecule has 7 heteroatoms. The maximum atomic E-state index is 12.2. The van der Waals surface area contributed by atoms with Crippen LogP contribution in [0, 0.1) is 0 Å². The molecule has 0 spiro atoms. The van der Waals surface area contributed by atoms with Crippen molar-refractivity contribution >= 4 is 17.6 Å². The van der Waals surface area contributed by atoms with E-state index in [-0.39, 0.29) is 18.0 Å². The van der Waals surface area contributed by atoms with Gasteiger partial charge in [-0.1, -0.05) is 0 Å². The maximum absolute atomic E-state index is 12.2. The Kier molecular flexibility index (Phi) is 6.87. The van der Waals surface area contributed by atoms with Gasteiger partial charge < -0.3 is 25.0 Å². The lowest BCUT2D eigenvalue weighted by Crippen LogP contribution is -2.43. The third-order valence-corrected chi connectivity index (χ3v) is 3.80. The molecule has 1 atom stereocenters. The zero-order chi connectivity index (χ0) is 17.4. The van der Waals surface area contributed by atoms with Crippen molar-refractivity contribution in [3.05, 3.63) is 24.3 Å². The number of carbonyl (C=O) groups excluding carboxylic acids is 2. The van der Waals surface area contributed by atoms with Gasteiger partial charge in [-0.25, -0.2) is 4.79 Å². The third-order valence-electron chi connectivity index (χ3n) is 3.80. The lowest BCUT2D eigenvalue weighted by atomic mass is 10.2. The van der Waals surface area contributed by atoms with E-state index >= 15 is 0 Å². The molecular weight excluding hydrogens is 310 g/mol. The van der Waals surface area contributed by atoms with E-state index in [9.17, 15) is 9.59 Å². The number of hydrogen-bond acceptors (Lipinski definition) is 4. The van der Waals surface area contributed by atoms with Gasteiger partial charge in [0.25, 0.3) is 0 Å². The molecule has 0 saturated carbocycles. The monoisotopic (exact) mass is 335 g/mol. The van der Waals surface area contributed by atoms with Crippen LogP contribution in [0.2, 0.25) is 0 Å². The number of anilines is 1. The van der Waals surface area contributed by atoms with Crippen LogP contribution in [-0.4, -0.2) is 51.4 Å². The summed E-state index contributed by atoms with van der Waals surface area (Å²) < 4.78 is 10.3. The number of carbonyl (C=O) groups is 2. The van der Waals surface area contributed by atoms with Crippen molar-refractivity contribution in [2.45, 2.75) is 25.8 Å². The first-order chi connectivity index (χ1) is 11.6. The maximum Gasteiger partial charge on any atom is 0.315 e. The molecule has 0 unspecified atom stereocenters. The van der Waals surface area contributed by atoms with Crippen molar-refractivity contribution < 1.29 is 19.1 Å². The number of urea groups is 1. The molecule has 1 saturated heterocycles. The highest BCUT2D eigenvalue weighted by Gasteiger charge is 2.31. The van der Waals surface area contributed by atoms with E-state index in [0.717, 1.165) is 17.9 Å². The Hall–Kier alpha value is -2.28. The molecule has 132 valence electrons. The largest absolute Gasteiger partial charge is 0.497 e. The highest BCUT2D eigenvalue weighted by Crippen LogP contribution is 2.24. The minimum atomic E-state index is -0.249. The third kappa shape index (κ3) is 5.13. The van der Waals surface area contributed by atoms with Crippen molar-refractivity contribution in [1.29, 1.82) is 0 Å². The number of nitrogens with one attached hydrogen (secondary N) is 2. The second-order valence-electron chi connectivity index (χ2n) is 5.55. The van der Waals surface area contributed by atoms with Gasteiger partial charge in [-0.15, -0.1) is 0 Å². The van der Waals surface area contributed by atoms with Crippen LogP contribution in [0.5, 0.6) is 5.75 Å². The van der Waals surface area contributed by atoms with E-state index < -0.39 is 0 Å². The molecule has 24 heavy (non-hydrogen) atoms. The molecule has 2 N–H and O–H groups in total. The van der Waals surface area contributed by atoms with Crippen molar-refractivity contribution in [3.8, 4) is 5.75 Å². The van der Waals surface area contributed by atoms with Gasteiger partial charge in [-0.05, 0) is 37.6 Å². The van der Waals surface area contributed by atoms with E-state index in [0.29, 0.717) is 32.7 Å². The smallest absolute Gasteiger partial charge is 0.315 e. The zero-order valence-corrected chi connectivity index (χ0v) is 14.2. The second-order valence-corrected chi connectivity index (χ2v) is 5.55. The van der Waals surface area contributed by atoms with Gasteiger partial charge in [0.1, 0.15) is 5.75 Å². The Labute approximate surface area is 142 Å². The highest BCUT2D eigenvalue weighted by molar-refractivity contribution is 5.96. The zero-order valence-electron chi connectivity index (χ0n) is 14.2. The molecule has 1 aromatic rings. The number of ether oxygens (including phenoxy) is 2. The first kappa shape index (κ1) is 18.1. The number of amides is 3. The van der Waals surface area contributed by atoms with E-state index in [4.69, 9.17) is 9.47 Å². The Bertz CT molecular complexity index is 547. The molecule has 1 heterocycles. The molecule has 1 fully saturated rings. The molecule has 1 aliphatic heterocycles. The summed E-state index contributed by atoms with van der Waals surface area (Å²) in [7, 11) is 1.60. The number of rotatable bonds is 8. The molecule has 1 aliphatic rings. The SMILES string of the molecule is CCOCCCNC(=O)N[C@@H]1CC(=O)N(c2ccc(OC)cc2)C1. The van der Waals surface area contributed by atoms with Crippen LogP contribution in [0.15, 0.2) is 24.3 Å².